The minimum Gasteiger partial charge on any atom is -0.481 e. The lowest BCUT2D eigenvalue weighted by molar-refractivity contribution is -0.141. The molecule has 1 heterocycles. The molecule has 0 radical (unpaired) electrons. The first-order valence-corrected chi connectivity index (χ1v) is 5.46. The molecule has 1 unspecified atom stereocenters. The summed E-state index contributed by atoms with van der Waals surface area (Å²) in [4.78, 5) is 14.9. The Labute approximate surface area is 95.7 Å². The van der Waals surface area contributed by atoms with Crippen LogP contribution in [0.15, 0.2) is 24.5 Å². The summed E-state index contributed by atoms with van der Waals surface area (Å²) >= 11 is 0. The second-order valence-electron chi connectivity index (χ2n) is 4.28. The number of hydrogen-bond donors (Lipinski definition) is 2. The Morgan fingerprint density at radius 1 is 1.44 bits per heavy atom. The van der Waals surface area contributed by atoms with E-state index in [-0.39, 0.29) is 5.92 Å². The fourth-order valence-electron chi connectivity index (χ4n) is 1.55. The van der Waals surface area contributed by atoms with Crippen molar-refractivity contribution < 1.29 is 9.90 Å². The van der Waals surface area contributed by atoms with E-state index in [4.69, 9.17) is 5.11 Å². The van der Waals surface area contributed by atoms with Crippen LogP contribution in [0.2, 0.25) is 0 Å². The third-order valence-electron chi connectivity index (χ3n) is 2.34. The van der Waals surface area contributed by atoms with Gasteiger partial charge in [0.05, 0.1) is 5.92 Å². The second-order valence-corrected chi connectivity index (χ2v) is 4.28. The lowest BCUT2D eigenvalue weighted by atomic mass is 9.97. The normalized spacial score (nSPS) is 12.4. The molecule has 0 fully saturated rings. The second kappa shape index (κ2) is 6.10. The van der Waals surface area contributed by atoms with Crippen LogP contribution < -0.4 is 5.32 Å². The van der Waals surface area contributed by atoms with Crippen molar-refractivity contribution in [2.75, 3.05) is 11.9 Å². The maximum atomic E-state index is 11.0. The molecular weight excluding hydrogens is 204 g/mol. The molecule has 0 aromatic carbocycles. The predicted octanol–water partition coefficient (Wildman–Crippen LogP) is 2.24. The Kier molecular flexibility index (Phi) is 4.76. The summed E-state index contributed by atoms with van der Waals surface area (Å²) in [6.07, 6.45) is 4.05. The van der Waals surface area contributed by atoms with Crippen molar-refractivity contribution in [1.82, 2.24) is 4.98 Å². The minimum atomic E-state index is -0.741. The molecule has 0 saturated carbocycles. The van der Waals surface area contributed by atoms with E-state index in [2.05, 4.69) is 10.3 Å². The van der Waals surface area contributed by atoms with Crippen LogP contribution in [0.25, 0.3) is 0 Å². The van der Waals surface area contributed by atoms with E-state index >= 15 is 0 Å². The van der Waals surface area contributed by atoms with Gasteiger partial charge in [-0.1, -0.05) is 13.8 Å². The van der Waals surface area contributed by atoms with Crippen LogP contribution >= 0.6 is 0 Å². The highest BCUT2D eigenvalue weighted by Gasteiger charge is 2.18. The van der Waals surface area contributed by atoms with Crippen molar-refractivity contribution >= 4 is 11.7 Å². The van der Waals surface area contributed by atoms with Gasteiger partial charge >= 0.3 is 5.97 Å². The maximum Gasteiger partial charge on any atom is 0.308 e. The van der Waals surface area contributed by atoms with E-state index in [1.165, 1.54) is 0 Å². The summed E-state index contributed by atoms with van der Waals surface area (Å²) < 4.78 is 0. The maximum absolute atomic E-state index is 11.0. The van der Waals surface area contributed by atoms with Gasteiger partial charge in [-0.05, 0) is 24.5 Å². The van der Waals surface area contributed by atoms with Crippen molar-refractivity contribution in [2.24, 2.45) is 11.8 Å². The third-order valence-corrected chi connectivity index (χ3v) is 2.34. The van der Waals surface area contributed by atoms with Crippen LogP contribution in [-0.2, 0) is 4.79 Å². The average Bonchev–Trinajstić information content (AvgIpc) is 2.25. The average molecular weight is 222 g/mol. The zero-order chi connectivity index (χ0) is 12.0. The molecule has 0 bridgehead atoms. The van der Waals surface area contributed by atoms with Crippen molar-refractivity contribution in [2.45, 2.75) is 20.3 Å². The Hall–Kier alpha value is -1.58. The summed E-state index contributed by atoms with van der Waals surface area (Å²) in [6.45, 7) is 4.52. The summed E-state index contributed by atoms with van der Waals surface area (Å²) in [5, 5.41) is 12.2. The number of nitrogens with one attached hydrogen (secondary N) is 1. The minimum absolute atomic E-state index is 0.340. The number of carboxylic acids is 1. The molecule has 16 heavy (non-hydrogen) atoms. The number of carbonyl (C=O) groups is 1. The summed E-state index contributed by atoms with van der Waals surface area (Å²) in [5.74, 6) is -0.691. The quantitative estimate of drug-likeness (QED) is 0.774. The van der Waals surface area contributed by atoms with E-state index in [1.54, 1.807) is 12.4 Å². The number of carboxylic acid groups (broad SMARTS) is 1. The van der Waals surface area contributed by atoms with E-state index in [0.29, 0.717) is 18.9 Å². The Morgan fingerprint density at radius 3 is 2.56 bits per heavy atom. The standard InChI is InChI=1S/C12H18N2O2/c1-9(2)7-10(12(15)16)8-14-11-3-5-13-6-4-11/h3-6,9-10H,7-8H2,1-2H3,(H,13,14)(H,15,16). The molecule has 0 saturated heterocycles. The number of aliphatic carboxylic acids is 1. The number of anilines is 1. The SMILES string of the molecule is CC(C)CC(CNc1ccncc1)C(=O)O. The topological polar surface area (TPSA) is 62.2 Å². The lowest BCUT2D eigenvalue weighted by Gasteiger charge is -2.15. The molecule has 0 aliphatic carbocycles. The molecule has 4 heteroatoms. The van der Waals surface area contributed by atoms with Crippen LogP contribution in [0.3, 0.4) is 0 Å². The van der Waals surface area contributed by atoms with Gasteiger partial charge in [0.25, 0.3) is 0 Å². The van der Waals surface area contributed by atoms with Crippen LogP contribution in [-0.4, -0.2) is 22.6 Å². The molecule has 2 N–H and O–H groups in total. The molecule has 0 aliphatic rings. The molecule has 4 nitrogen and oxygen atoms in total. The predicted molar refractivity (Wildman–Crippen MR) is 63.3 cm³/mol. The highest BCUT2D eigenvalue weighted by Crippen LogP contribution is 2.13. The number of aromatic nitrogens is 1. The number of nitrogens with zero attached hydrogens (tertiary/aromatic N) is 1. The highest BCUT2D eigenvalue weighted by molar-refractivity contribution is 5.70. The number of hydrogen-bond acceptors (Lipinski definition) is 3. The van der Waals surface area contributed by atoms with Crippen LogP contribution in [0.4, 0.5) is 5.69 Å². The fraction of sp³-hybridized carbons (Fsp3) is 0.500. The molecule has 0 spiro atoms. The molecular formula is C12H18N2O2. The molecule has 1 rings (SSSR count). The van der Waals surface area contributed by atoms with Crippen LogP contribution in [0.5, 0.6) is 0 Å². The largest absolute Gasteiger partial charge is 0.481 e. The molecule has 1 atom stereocenters. The van der Waals surface area contributed by atoms with Gasteiger partial charge in [-0.3, -0.25) is 9.78 Å². The van der Waals surface area contributed by atoms with Crippen LogP contribution in [0.1, 0.15) is 20.3 Å². The monoisotopic (exact) mass is 222 g/mol. The van der Waals surface area contributed by atoms with Crippen molar-refractivity contribution in [1.29, 1.82) is 0 Å². The van der Waals surface area contributed by atoms with Gasteiger partial charge in [0.1, 0.15) is 0 Å². The number of pyridine rings is 1. The smallest absolute Gasteiger partial charge is 0.308 e. The van der Waals surface area contributed by atoms with Gasteiger partial charge in [-0.2, -0.15) is 0 Å². The fourth-order valence-corrected chi connectivity index (χ4v) is 1.55. The van der Waals surface area contributed by atoms with Gasteiger partial charge in [0.2, 0.25) is 0 Å². The Bertz CT molecular complexity index is 325. The first-order valence-electron chi connectivity index (χ1n) is 5.46. The van der Waals surface area contributed by atoms with E-state index in [9.17, 15) is 4.79 Å². The Morgan fingerprint density at radius 2 is 2.06 bits per heavy atom. The van der Waals surface area contributed by atoms with Gasteiger partial charge in [0, 0.05) is 24.6 Å². The van der Waals surface area contributed by atoms with Crippen LogP contribution in [0, 0.1) is 11.8 Å². The summed E-state index contributed by atoms with van der Waals surface area (Å²) in [6, 6.07) is 3.66. The first kappa shape index (κ1) is 12.5. The molecule has 0 amide bonds. The number of rotatable bonds is 6. The first-order chi connectivity index (χ1) is 7.59. The van der Waals surface area contributed by atoms with E-state index in [0.717, 1.165) is 5.69 Å². The molecule has 1 aromatic rings. The highest BCUT2D eigenvalue weighted by atomic mass is 16.4. The zero-order valence-corrected chi connectivity index (χ0v) is 9.68. The van der Waals surface area contributed by atoms with Gasteiger partial charge in [-0.25, -0.2) is 0 Å². The van der Waals surface area contributed by atoms with Gasteiger partial charge in [-0.15, -0.1) is 0 Å². The molecule has 1 aromatic heterocycles. The van der Waals surface area contributed by atoms with Crippen molar-refractivity contribution in [3.63, 3.8) is 0 Å². The summed E-state index contributed by atoms with van der Waals surface area (Å²) in [7, 11) is 0. The van der Waals surface area contributed by atoms with E-state index < -0.39 is 5.97 Å². The third kappa shape index (κ3) is 4.29. The van der Waals surface area contributed by atoms with Gasteiger partial charge in [0.15, 0.2) is 0 Å². The molecule has 88 valence electrons. The van der Waals surface area contributed by atoms with Gasteiger partial charge < -0.3 is 10.4 Å². The van der Waals surface area contributed by atoms with Crippen molar-refractivity contribution in [3.8, 4) is 0 Å². The summed E-state index contributed by atoms with van der Waals surface area (Å²) in [5.41, 5.74) is 0.907. The van der Waals surface area contributed by atoms with E-state index in [1.807, 2.05) is 26.0 Å². The van der Waals surface area contributed by atoms with Crippen molar-refractivity contribution in [3.05, 3.63) is 24.5 Å². The zero-order valence-electron chi connectivity index (χ0n) is 9.68. The lowest BCUT2D eigenvalue weighted by Crippen LogP contribution is -2.24. The molecule has 0 aliphatic heterocycles. The Balaban J connectivity index is 2.47.